The van der Waals surface area contributed by atoms with Gasteiger partial charge in [0.2, 0.25) is 11.8 Å². The molecule has 0 radical (unpaired) electrons. The van der Waals surface area contributed by atoms with Crippen molar-refractivity contribution in [2.45, 2.75) is 19.8 Å². The standard InChI is InChI=1S/C16H15N3O4S2/c1-9-11(18-15(23-9)12-4-3-5-24-12)7-13(20)19-16-17-10(8-25-16)6-14(21)22-2/h3-5,8H,6-7H2,1-2H3,(H,17,19,20). The lowest BCUT2D eigenvalue weighted by Crippen LogP contribution is -2.15. The fraction of sp³-hybridized carbons (Fsp3) is 0.250. The maximum atomic E-state index is 12.2. The molecule has 0 atom stereocenters. The topological polar surface area (TPSA) is 94.3 Å². The number of nitrogens with one attached hydrogen (secondary N) is 1. The quantitative estimate of drug-likeness (QED) is 0.664. The molecule has 3 aromatic rings. The molecule has 7 nitrogen and oxygen atoms in total. The average Bonchev–Trinajstić information content (AvgIpc) is 3.30. The number of esters is 1. The van der Waals surface area contributed by atoms with Crippen molar-refractivity contribution in [1.29, 1.82) is 0 Å². The number of oxazole rings is 1. The van der Waals surface area contributed by atoms with E-state index in [4.69, 9.17) is 4.42 Å². The minimum atomic E-state index is -0.373. The zero-order valence-electron chi connectivity index (χ0n) is 13.6. The number of rotatable bonds is 6. The molecule has 0 aliphatic rings. The molecule has 0 saturated carbocycles. The third-order valence-electron chi connectivity index (χ3n) is 3.30. The lowest BCUT2D eigenvalue weighted by atomic mass is 10.2. The Hall–Kier alpha value is -2.52. The van der Waals surface area contributed by atoms with Crippen LogP contribution in [0, 0.1) is 6.92 Å². The summed E-state index contributed by atoms with van der Waals surface area (Å²) in [6, 6.07) is 3.83. The summed E-state index contributed by atoms with van der Waals surface area (Å²) in [7, 11) is 1.32. The van der Waals surface area contributed by atoms with Gasteiger partial charge in [-0.15, -0.1) is 22.7 Å². The van der Waals surface area contributed by atoms with E-state index in [0.717, 1.165) is 4.88 Å². The highest BCUT2D eigenvalue weighted by atomic mass is 32.1. The van der Waals surface area contributed by atoms with E-state index in [2.05, 4.69) is 20.0 Å². The van der Waals surface area contributed by atoms with Crippen LogP contribution < -0.4 is 5.32 Å². The zero-order chi connectivity index (χ0) is 17.8. The third-order valence-corrected chi connectivity index (χ3v) is 4.97. The van der Waals surface area contributed by atoms with Gasteiger partial charge in [0.05, 0.1) is 36.2 Å². The number of thiophene rings is 1. The van der Waals surface area contributed by atoms with Crippen molar-refractivity contribution in [2.75, 3.05) is 12.4 Å². The Morgan fingerprint density at radius 3 is 2.84 bits per heavy atom. The van der Waals surface area contributed by atoms with Crippen LogP contribution in [0.2, 0.25) is 0 Å². The molecule has 0 bridgehead atoms. The Kier molecular flexibility index (Phi) is 5.25. The first-order chi connectivity index (χ1) is 12.0. The predicted octanol–water partition coefficient (Wildman–Crippen LogP) is 3.06. The van der Waals surface area contributed by atoms with E-state index < -0.39 is 0 Å². The molecule has 0 saturated heterocycles. The minimum absolute atomic E-state index is 0.0788. The summed E-state index contributed by atoms with van der Waals surface area (Å²) in [5.74, 6) is 0.518. The number of nitrogens with zero attached hydrogens (tertiary/aromatic N) is 2. The highest BCUT2D eigenvalue weighted by Gasteiger charge is 2.16. The van der Waals surface area contributed by atoms with Gasteiger partial charge < -0.3 is 14.5 Å². The van der Waals surface area contributed by atoms with Crippen molar-refractivity contribution in [3.8, 4) is 10.8 Å². The summed E-state index contributed by atoms with van der Waals surface area (Å²) >= 11 is 2.78. The predicted molar refractivity (Wildman–Crippen MR) is 94.7 cm³/mol. The van der Waals surface area contributed by atoms with Gasteiger partial charge in [-0.25, -0.2) is 9.97 Å². The molecule has 130 valence electrons. The number of aromatic nitrogens is 2. The van der Waals surface area contributed by atoms with Gasteiger partial charge >= 0.3 is 5.97 Å². The van der Waals surface area contributed by atoms with Gasteiger partial charge in [0.1, 0.15) is 5.76 Å². The first kappa shape index (κ1) is 17.3. The van der Waals surface area contributed by atoms with Crippen molar-refractivity contribution in [1.82, 2.24) is 9.97 Å². The van der Waals surface area contributed by atoms with Gasteiger partial charge in [0.15, 0.2) is 5.13 Å². The number of methoxy groups -OCH3 is 1. The van der Waals surface area contributed by atoms with Gasteiger partial charge in [0, 0.05) is 5.38 Å². The number of hydrogen-bond acceptors (Lipinski definition) is 8. The fourth-order valence-corrected chi connectivity index (χ4v) is 3.45. The number of ether oxygens (including phenoxy) is 1. The Morgan fingerprint density at radius 2 is 2.12 bits per heavy atom. The molecule has 0 aliphatic carbocycles. The van der Waals surface area contributed by atoms with E-state index in [1.165, 1.54) is 29.8 Å². The van der Waals surface area contributed by atoms with Crippen molar-refractivity contribution in [3.05, 3.63) is 40.0 Å². The van der Waals surface area contributed by atoms with Crippen LogP contribution in [0.25, 0.3) is 10.8 Å². The molecular formula is C16H15N3O4S2. The van der Waals surface area contributed by atoms with Gasteiger partial charge in [-0.2, -0.15) is 0 Å². The van der Waals surface area contributed by atoms with Crippen LogP contribution in [0.15, 0.2) is 27.3 Å². The van der Waals surface area contributed by atoms with Crippen LogP contribution in [0.1, 0.15) is 17.1 Å². The molecule has 1 amide bonds. The average molecular weight is 377 g/mol. The van der Waals surface area contributed by atoms with Crippen LogP contribution in [-0.2, 0) is 27.2 Å². The van der Waals surface area contributed by atoms with Gasteiger partial charge in [-0.1, -0.05) is 6.07 Å². The molecule has 0 fully saturated rings. The summed E-state index contributed by atoms with van der Waals surface area (Å²) in [5, 5.41) is 6.80. The monoisotopic (exact) mass is 377 g/mol. The second kappa shape index (κ2) is 7.58. The fourth-order valence-electron chi connectivity index (χ4n) is 2.08. The lowest BCUT2D eigenvalue weighted by Gasteiger charge is -1.99. The van der Waals surface area contributed by atoms with Crippen LogP contribution in [0.5, 0.6) is 0 Å². The number of aryl methyl sites for hydroxylation is 1. The van der Waals surface area contributed by atoms with Gasteiger partial charge in [-0.05, 0) is 18.4 Å². The highest BCUT2D eigenvalue weighted by Crippen LogP contribution is 2.26. The number of anilines is 1. The van der Waals surface area contributed by atoms with Crippen molar-refractivity contribution < 1.29 is 18.7 Å². The summed E-state index contributed by atoms with van der Waals surface area (Å²) < 4.78 is 10.2. The number of carbonyl (C=O) groups is 2. The van der Waals surface area contributed by atoms with E-state index in [9.17, 15) is 9.59 Å². The summed E-state index contributed by atoms with van der Waals surface area (Å²) in [5.41, 5.74) is 1.15. The summed E-state index contributed by atoms with van der Waals surface area (Å²) in [4.78, 5) is 32.9. The summed E-state index contributed by atoms with van der Waals surface area (Å²) in [6.07, 6.45) is 0.169. The second-order valence-electron chi connectivity index (χ2n) is 5.12. The van der Waals surface area contributed by atoms with Crippen molar-refractivity contribution >= 4 is 39.7 Å². The number of amides is 1. The van der Waals surface area contributed by atoms with Crippen LogP contribution in [-0.4, -0.2) is 29.0 Å². The molecule has 3 rings (SSSR count). The molecule has 0 spiro atoms. The second-order valence-corrected chi connectivity index (χ2v) is 6.93. The Bertz CT molecular complexity index is 883. The molecule has 0 aromatic carbocycles. The molecular weight excluding hydrogens is 362 g/mol. The minimum Gasteiger partial charge on any atom is -0.469 e. The maximum Gasteiger partial charge on any atom is 0.311 e. The highest BCUT2D eigenvalue weighted by molar-refractivity contribution is 7.14. The van der Waals surface area contributed by atoms with Gasteiger partial charge in [-0.3, -0.25) is 9.59 Å². The Labute approximate surface area is 151 Å². The Balaban J connectivity index is 1.62. The zero-order valence-corrected chi connectivity index (χ0v) is 15.2. The first-order valence-electron chi connectivity index (χ1n) is 7.36. The van der Waals surface area contributed by atoms with Crippen molar-refractivity contribution in [2.24, 2.45) is 0 Å². The molecule has 3 heterocycles. The van der Waals surface area contributed by atoms with Crippen LogP contribution in [0.4, 0.5) is 5.13 Å². The normalized spacial score (nSPS) is 10.6. The van der Waals surface area contributed by atoms with Crippen LogP contribution >= 0.6 is 22.7 Å². The molecule has 1 N–H and O–H groups in total. The first-order valence-corrected chi connectivity index (χ1v) is 9.12. The molecule has 0 aliphatic heterocycles. The molecule has 0 unspecified atom stereocenters. The third kappa shape index (κ3) is 4.31. The van der Waals surface area contributed by atoms with E-state index >= 15 is 0 Å². The number of thiazole rings is 1. The smallest absolute Gasteiger partial charge is 0.311 e. The number of carbonyl (C=O) groups excluding carboxylic acids is 2. The van der Waals surface area contributed by atoms with Crippen LogP contribution in [0.3, 0.4) is 0 Å². The van der Waals surface area contributed by atoms with E-state index in [1.54, 1.807) is 12.3 Å². The van der Waals surface area contributed by atoms with Gasteiger partial charge in [0.25, 0.3) is 0 Å². The Morgan fingerprint density at radius 1 is 1.28 bits per heavy atom. The lowest BCUT2D eigenvalue weighted by molar-refractivity contribution is -0.139. The largest absolute Gasteiger partial charge is 0.469 e. The SMILES string of the molecule is COC(=O)Cc1csc(NC(=O)Cc2nc(-c3cccs3)oc2C)n1. The molecule has 9 heteroatoms. The van der Waals surface area contributed by atoms with E-state index in [-0.39, 0.29) is 24.7 Å². The molecule has 25 heavy (non-hydrogen) atoms. The van der Waals surface area contributed by atoms with Crippen molar-refractivity contribution in [3.63, 3.8) is 0 Å². The summed E-state index contributed by atoms with van der Waals surface area (Å²) in [6.45, 7) is 1.78. The maximum absolute atomic E-state index is 12.2. The molecule has 3 aromatic heterocycles. The van der Waals surface area contributed by atoms with E-state index in [0.29, 0.717) is 28.2 Å². The number of hydrogen-bond donors (Lipinski definition) is 1. The van der Waals surface area contributed by atoms with E-state index in [1.807, 2.05) is 17.5 Å².